The minimum atomic E-state index is 0.395. The predicted molar refractivity (Wildman–Crippen MR) is 67.7 cm³/mol. The van der Waals surface area contributed by atoms with Crippen molar-refractivity contribution in [1.82, 2.24) is 25.7 Å². The smallest absolute Gasteiger partial charge is 0.245 e. The second kappa shape index (κ2) is 5.37. The molecule has 0 saturated carbocycles. The maximum atomic E-state index is 5.13. The SMILES string of the molecule is COCc1cc(-c2nc(N3CCNCC3)n[nH]2)no1. The van der Waals surface area contributed by atoms with Crippen LogP contribution in [-0.2, 0) is 11.3 Å². The van der Waals surface area contributed by atoms with E-state index in [1.165, 1.54) is 0 Å². The second-order valence-corrected chi connectivity index (χ2v) is 4.33. The van der Waals surface area contributed by atoms with Gasteiger partial charge in [-0.3, -0.25) is 5.10 Å². The van der Waals surface area contributed by atoms with E-state index in [0.717, 1.165) is 26.2 Å². The van der Waals surface area contributed by atoms with Crippen molar-refractivity contribution >= 4 is 5.95 Å². The van der Waals surface area contributed by atoms with Crippen molar-refractivity contribution in [3.8, 4) is 11.5 Å². The van der Waals surface area contributed by atoms with E-state index in [1.807, 2.05) is 0 Å². The fourth-order valence-electron chi connectivity index (χ4n) is 2.01. The predicted octanol–water partition coefficient (Wildman–Crippen LogP) is 0.0157. The first-order chi connectivity index (χ1) is 9.36. The average Bonchev–Trinajstić information content (AvgIpc) is 3.08. The van der Waals surface area contributed by atoms with Gasteiger partial charge in [0.15, 0.2) is 17.3 Å². The van der Waals surface area contributed by atoms with Crippen LogP contribution in [0.1, 0.15) is 5.76 Å². The van der Waals surface area contributed by atoms with Crippen LogP contribution in [0.25, 0.3) is 11.5 Å². The van der Waals surface area contributed by atoms with Crippen LogP contribution in [0.15, 0.2) is 10.6 Å². The zero-order valence-corrected chi connectivity index (χ0v) is 10.7. The fraction of sp³-hybridized carbons (Fsp3) is 0.545. The number of nitrogens with one attached hydrogen (secondary N) is 2. The summed E-state index contributed by atoms with van der Waals surface area (Å²) in [5.41, 5.74) is 0.640. The molecule has 0 aromatic carbocycles. The summed E-state index contributed by atoms with van der Waals surface area (Å²) in [6.45, 7) is 4.11. The van der Waals surface area contributed by atoms with Crippen molar-refractivity contribution in [2.75, 3.05) is 38.2 Å². The first kappa shape index (κ1) is 12.1. The van der Waals surface area contributed by atoms with Crippen LogP contribution in [-0.4, -0.2) is 53.6 Å². The quantitative estimate of drug-likeness (QED) is 0.804. The summed E-state index contributed by atoms with van der Waals surface area (Å²) in [4.78, 5) is 6.58. The molecular weight excluding hydrogens is 248 g/mol. The summed E-state index contributed by atoms with van der Waals surface area (Å²) in [5, 5.41) is 14.3. The molecule has 0 bridgehead atoms. The lowest BCUT2D eigenvalue weighted by Crippen LogP contribution is -2.44. The van der Waals surface area contributed by atoms with Gasteiger partial charge in [-0.05, 0) is 0 Å². The van der Waals surface area contributed by atoms with Crippen LogP contribution in [0.4, 0.5) is 5.95 Å². The Morgan fingerprint density at radius 1 is 1.42 bits per heavy atom. The number of aromatic nitrogens is 4. The molecule has 1 aliphatic heterocycles. The Hall–Kier alpha value is -1.93. The first-order valence-electron chi connectivity index (χ1n) is 6.20. The summed E-state index contributed by atoms with van der Waals surface area (Å²) in [6, 6.07) is 1.80. The molecule has 0 atom stereocenters. The maximum Gasteiger partial charge on any atom is 0.245 e. The minimum absolute atomic E-state index is 0.395. The highest BCUT2D eigenvalue weighted by atomic mass is 16.5. The molecule has 1 fully saturated rings. The van der Waals surface area contributed by atoms with Gasteiger partial charge in [0.2, 0.25) is 5.95 Å². The van der Waals surface area contributed by atoms with Crippen molar-refractivity contribution in [2.45, 2.75) is 6.61 Å². The Balaban J connectivity index is 1.75. The third-order valence-corrected chi connectivity index (χ3v) is 2.96. The van der Waals surface area contributed by atoms with Gasteiger partial charge >= 0.3 is 0 Å². The van der Waals surface area contributed by atoms with Gasteiger partial charge < -0.3 is 19.5 Å². The van der Waals surface area contributed by atoms with E-state index in [9.17, 15) is 0 Å². The van der Waals surface area contributed by atoms with Crippen molar-refractivity contribution in [2.24, 2.45) is 0 Å². The second-order valence-electron chi connectivity index (χ2n) is 4.33. The molecule has 2 N–H and O–H groups in total. The first-order valence-corrected chi connectivity index (χ1v) is 6.20. The lowest BCUT2D eigenvalue weighted by molar-refractivity contribution is 0.156. The largest absolute Gasteiger partial charge is 0.377 e. The van der Waals surface area contributed by atoms with Gasteiger partial charge in [-0.1, -0.05) is 5.16 Å². The van der Waals surface area contributed by atoms with E-state index in [1.54, 1.807) is 13.2 Å². The molecule has 0 unspecified atom stereocenters. The van der Waals surface area contributed by atoms with Crippen molar-refractivity contribution < 1.29 is 9.26 Å². The molecule has 8 nitrogen and oxygen atoms in total. The van der Waals surface area contributed by atoms with Gasteiger partial charge in [0.1, 0.15) is 6.61 Å². The molecule has 2 aromatic rings. The third kappa shape index (κ3) is 2.59. The van der Waals surface area contributed by atoms with Crippen LogP contribution in [0.2, 0.25) is 0 Å². The van der Waals surface area contributed by atoms with Crippen LogP contribution in [0, 0.1) is 0 Å². The summed E-state index contributed by atoms with van der Waals surface area (Å²) in [5.74, 6) is 1.98. The number of ether oxygens (including phenoxy) is 1. The van der Waals surface area contributed by atoms with Crippen LogP contribution in [0.5, 0.6) is 0 Å². The normalized spacial score (nSPS) is 15.9. The lowest BCUT2D eigenvalue weighted by Gasteiger charge is -2.25. The Labute approximate surface area is 110 Å². The van der Waals surface area contributed by atoms with Crippen LogP contribution >= 0.6 is 0 Å². The van der Waals surface area contributed by atoms with E-state index >= 15 is 0 Å². The number of hydrogen-bond acceptors (Lipinski definition) is 7. The molecule has 3 rings (SSSR count). The van der Waals surface area contributed by atoms with E-state index in [-0.39, 0.29) is 0 Å². The van der Waals surface area contributed by atoms with Gasteiger partial charge in [0.05, 0.1) is 0 Å². The number of aromatic amines is 1. The number of H-pyrrole nitrogens is 1. The van der Waals surface area contributed by atoms with Crippen LogP contribution in [0.3, 0.4) is 0 Å². The maximum absolute atomic E-state index is 5.13. The topological polar surface area (TPSA) is 92.1 Å². The number of methoxy groups -OCH3 is 1. The molecule has 0 radical (unpaired) electrons. The molecule has 3 heterocycles. The monoisotopic (exact) mass is 264 g/mol. The van der Waals surface area contributed by atoms with Gasteiger partial charge in [-0.25, -0.2) is 0 Å². The Morgan fingerprint density at radius 3 is 3.05 bits per heavy atom. The third-order valence-electron chi connectivity index (χ3n) is 2.96. The molecule has 19 heavy (non-hydrogen) atoms. The van der Waals surface area contributed by atoms with Crippen LogP contribution < -0.4 is 10.2 Å². The Bertz CT molecular complexity index is 531. The summed E-state index contributed by atoms with van der Waals surface area (Å²) in [6.07, 6.45) is 0. The van der Waals surface area contributed by atoms with E-state index in [2.05, 4.69) is 30.6 Å². The zero-order chi connectivity index (χ0) is 13.1. The standard InChI is InChI=1S/C11H16N6O2/c1-18-7-8-6-9(16-19-8)10-13-11(15-14-10)17-4-2-12-3-5-17/h6,12H,2-5,7H2,1H3,(H,13,14,15). The Kier molecular flexibility index (Phi) is 3.43. The van der Waals surface area contributed by atoms with E-state index in [0.29, 0.717) is 29.8 Å². The summed E-state index contributed by atoms with van der Waals surface area (Å²) >= 11 is 0. The average molecular weight is 264 g/mol. The highest BCUT2D eigenvalue weighted by Gasteiger charge is 2.17. The van der Waals surface area contributed by atoms with E-state index in [4.69, 9.17) is 9.26 Å². The van der Waals surface area contributed by atoms with Gasteiger partial charge in [-0.15, -0.1) is 5.10 Å². The molecule has 1 aliphatic rings. The Morgan fingerprint density at radius 2 is 2.26 bits per heavy atom. The molecule has 2 aromatic heterocycles. The zero-order valence-electron chi connectivity index (χ0n) is 10.7. The number of piperazine rings is 1. The molecule has 0 aliphatic carbocycles. The van der Waals surface area contributed by atoms with E-state index < -0.39 is 0 Å². The molecule has 0 spiro atoms. The summed E-state index contributed by atoms with van der Waals surface area (Å²) in [7, 11) is 1.61. The molecule has 1 saturated heterocycles. The highest BCUT2D eigenvalue weighted by Crippen LogP contribution is 2.18. The number of anilines is 1. The van der Waals surface area contributed by atoms with Crippen molar-refractivity contribution in [3.05, 3.63) is 11.8 Å². The number of nitrogens with zero attached hydrogens (tertiary/aromatic N) is 4. The van der Waals surface area contributed by atoms with Crippen molar-refractivity contribution in [1.29, 1.82) is 0 Å². The van der Waals surface area contributed by atoms with Gasteiger partial charge in [0, 0.05) is 39.4 Å². The van der Waals surface area contributed by atoms with Gasteiger partial charge in [-0.2, -0.15) is 4.98 Å². The molecular formula is C11H16N6O2. The minimum Gasteiger partial charge on any atom is -0.377 e. The highest BCUT2D eigenvalue weighted by molar-refractivity contribution is 5.50. The number of hydrogen-bond donors (Lipinski definition) is 2. The van der Waals surface area contributed by atoms with Gasteiger partial charge in [0.25, 0.3) is 0 Å². The lowest BCUT2D eigenvalue weighted by atomic mass is 10.3. The summed E-state index contributed by atoms with van der Waals surface area (Å²) < 4.78 is 10.1. The number of rotatable bonds is 4. The molecule has 8 heteroatoms. The molecule has 102 valence electrons. The molecule has 0 amide bonds. The van der Waals surface area contributed by atoms with Crippen molar-refractivity contribution in [3.63, 3.8) is 0 Å². The fourth-order valence-corrected chi connectivity index (χ4v) is 2.01.